The van der Waals surface area contributed by atoms with Gasteiger partial charge in [0.05, 0.1) is 7.11 Å². The van der Waals surface area contributed by atoms with Crippen molar-refractivity contribution < 1.29 is 9.47 Å². The third-order valence-electron chi connectivity index (χ3n) is 4.57. The molecule has 1 aromatic rings. The van der Waals surface area contributed by atoms with Crippen LogP contribution < -0.4 is 15.2 Å². The molecule has 2 aliphatic rings. The van der Waals surface area contributed by atoms with E-state index in [1.807, 2.05) is 18.2 Å². The van der Waals surface area contributed by atoms with Crippen LogP contribution in [-0.2, 0) is 0 Å². The highest BCUT2D eigenvalue weighted by Gasteiger charge is 2.39. The maximum atomic E-state index is 6.33. The Labute approximate surface area is 115 Å². The molecule has 1 aliphatic heterocycles. The van der Waals surface area contributed by atoms with Gasteiger partial charge in [-0.2, -0.15) is 0 Å². The van der Waals surface area contributed by atoms with E-state index in [0.29, 0.717) is 0 Å². The van der Waals surface area contributed by atoms with Gasteiger partial charge >= 0.3 is 0 Å². The van der Waals surface area contributed by atoms with E-state index in [1.165, 1.54) is 19.3 Å². The highest BCUT2D eigenvalue weighted by molar-refractivity contribution is 5.44. The zero-order valence-electron chi connectivity index (χ0n) is 11.8. The Morgan fingerprint density at radius 1 is 1.42 bits per heavy atom. The molecule has 0 saturated heterocycles. The average molecular weight is 261 g/mol. The van der Waals surface area contributed by atoms with Crippen LogP contribution in [0.1, 0.15) is 50.6 Å². The van der Waals surface area contributed by atoms with Crippen molar-refractivity contribution in [1.29, 1.82) is 0 Å². The molecule has 3 nitrogen and oxygen atoms in total. The summed E-state index contributed by atoms with van der Waals surface area (Å²) >= 11 is 0. The standard InChI is InChI=1S/C16H23NO2/c1-16(9-11-4-3-5-11)10-14(17)13-7-6-12(18-2)8-15(13)19-16/h6-8,11,14H,3-5,9-10,17H2,1-2H3/t14-,16?/m0/s1. The van der Waals surface area contributed by atoms with E-state index in [4.69, 9.17) is 15.2 Å². The summed E-state index contributed by atoms with van der Waals surface area (Å²) in [4.78, 5) is 0. The maximum Gasteiger partial charge on any atom is 0.128 e. The van der Waals surface area contributed by atoms with E-state index in [1.54, 1.807) is 7.11 Å². The van der Waals surface area contributed by atoms with E-state index in [9.17, 15) is 0 Å². The zero-order valence-corrected chi connectivity index (χ0v) is 11.8. The fourth-order valence-electron chi connectivity index (χ4n) is 3.35. The largest absolute Gasteiger partial charge is 0.497 e. The van der Waals surface area contributed by atoms with Gasteiger partial charge in [-0.15, -0.1) is 0 Å². The lowest BCUT2D eigenvalue weighted by Gasteiger charge is -2.42. The fraction of sp³-hybridized carbons (Fsp3) is 0.625. The number of benzene rings is 1. The molecular weight excluding hydrogens is 238 g/mol. The predicted octanol–water partition coefficient (Wildman–Crippen LogP) is 3.43. The molecule has 3 rings (SSSR count). The molecule has 1 unspecified atom stereocenters. The Hall–Kier alpha value is -1.22. The van der Waals surface area contributed by atoms with Crippen molar-refractivity contribution in [2.24, 2.45) is 11.7 Å². The average Bonchev–Trinajstić information content (AvgIpc) is 2.33. The highest BCUT2D eigenvalue weighted by Crippen LogP contribution is 2.45. The molecule has 1 aliphatic carbocycles. The second kappa shape index (κ2) is 4.71. The first kappa shape index (κ1) is 12.8. The van der Waals surface area contributed by atoms with Crippen molar-refractivity contribution in [1.82, 2.24) is 0 Å². The van der Waals surface area contributed by atoms with Crippen LogP contribution in [0.4, 0.5) is 0 Å². The number of fused-ring (bicyclic) bond motifs is 1. The summed E-state index contributed by atoms with van der Waals surface area (Å²) in [5, 5.41) is 0. The number of ether oxygens (including phenoxy) is 2. The molecule has 0 spiro atoms. The van der Waals surface area contributed by atoms with Crippen LogP contribution in [0.15, 0.2) is 18.2 Å². The van der Waals surface area contributed by atoms with Gasteiger partial charge in [-0.3, -0.25) is 0 Å². The van der Waals surface area contributed by atoms with Crippen LogP contribution in [-0.4, -0.2) is 12.7 Å². The van der Waals surface area contributed by atoms with Crippen molar-refractivity contribution in [3.63, 3.8) is 0 Å². The summed E-state index contributed by atoms with van der Waals surface area (Å²) in [6.45, 7) is 2.20. The molecule has 1 heterocycles. The lowest BCUT2D eigenvalue weighted by Crippen LogP contribution is -2.42. The van der Waals surface area contributed by atoms with Gasteiger partial charge in [0.2, 0.25) is 0 Å². The lowest BCUT2D eigenvalue weighted by atomic mass is 9.74. The Balaban J connectivity index is 1.84. The van der Waals surface area contributed by atoms with Crippen LogP contribution in [0.3, 0.4) is 0 Å². The SMILES string of the molecule is COc1ccc2c(c1)OC(C)(CC1CCC1)C[C@@H]2N. The Bertz CT molecular complexity index is 470. The summed E-state index contributed by atoms with van der Waals surface area (Å²) in [6.07, 6.45) is 6.09. The van der Waals surface area contributed by atoms with Gasteiger partial charge in [-0.05, 0) is 25.3 Å². The molecule has 104 valence electrons. The van der Waals surface area contributed by atoms with E-state index in [-0.39, 0.29) is 11.6 Å². The van der Waals surface area contributed by atoms with Crippen LogP contribution in [0.2, 0.25) is 0 Å². The monoisotopic (exact) mass is 261 g/mol. The molecule has 1 fully saturated rings. The van der Waals surface area contributed by atoms with Crippen molar-refractivity contribution in [2.75, 3.05) is 7.11 Å². The molecule has 2 atom stereocenters. The summed E-state index contributed by atoms with van der Waals surface area (Å²) < 4.78 is 11.6. The van der Waals surface area contributed by atoms with Gasteiger partial charge in [0, 0.05) is 24.1 Å². The van der Waals surface area contributed by atoms with Gasteiger partial charge in [0.1, 0.15) is 17.1 Å². The van der Waals surface area contributed by atoms with Crippen LogP contribution in [0, 0.1) is 5.92 Å². The number of methoxy groups -OCH3 is 1. The fourth-order valence-corrected chi connectivity index (χ4v) is 3.35. The first-order valence-corrected chi connectivity index (χ1v) is 7.22. The van der Waals surface area contributed by atoms with Gasteiger partial charge < -0.3 is 15.2 Å². The smallest absolute Gasteiger partial charge is 0.128 e. The van der Waals surface area contributed by atoms with E-state index in [0.717, 1.165) is 35.8 Å². The van der Waals surface area contributed by atoms with Crippen molar-refractivity contribution in [3.8, 4) is 11.5 Å². The zero-order chi connectivity index (χ0) is 13.5. The highest BCUT2D eigenvalue weighted by atomic mass is 16.5. The number of hydrogen-bond acceptors (Lipinski definition) is 3. The topological polar surface area (TPSA) is 44.5 Å². The van der Waals surface area contributed by atoms with Gasteiger partial charge in [0.25, 0.3) is 0 Å². The van der Waals surface area contributed by atoms with Gasteiger partial charge in [-0.25, -0.2) is 0 Å². The quantitative estimate of drug-likeness (QED) is 0.906. The molecule has 0 bridgehead atoms. The number of rotatable bonds is 3. The minimum atomic E-state index is -0.121. The van der Waals surface area contributed by atoms with E-state index in [2.05, 4.69) is 6.92 Å². The van der Waals surface area contributed by atoms with Crippen LogP contribution in [0.25, 0.3) is 0 Å². The maximum absolute atomic E-state index is 6.33. The van der Waals surface area contributed by atoms with Crippen LogP contribution >= 0.6 is 0 Å². The van der Waals surface area contributed by atoms with Crippen molar-refractivity contribution in [2.45, 2.75) is 50.7 Å². The molecule has 1 aromatic carbocycles. The molecule has 0 amide bonds. The second-order valence-corrected chi connectivity index (χ2v) is 6.27. The Morgan fingerprint density at radius 3 is 2.84 bits per heavy atom. The molecule has 1 saturated carbocycles. The summed E-state index contributed by atoms with van der Waals surface area (Å²) in [5.74, 6) is 2.56. The van der Waals surface area contributed by atoms with Gasteiger partial charge in [-0.1, -0.05) is 25.3 Å². The summed E-state index contributed by atoms with van der Waals surface area (Å²) in [6, 6.07) is 6.02. The van der Waals surface area contributed by atoms with Crippen LogP contribution in [0.5, 0.6) is 11.5 Å². The minimum absolute atomic E-state index is 0.0692. The Kier molecular flexibility index (Phi) is 3.17. The molecule has 3 heteroatoms. The van der Waals surface area contributed by atoms with Crippen molar-refractivity contribution >= 4 is 0 Å². The third-order valence-corrected chi connectivity index (χ3v) is 4.57. The lowest BCUT2D eigenvalue weighted by molar-refractivity contribution is 0.0169. The normalized spacial score (nSPS) is 30.2. The molecule has 0 aromatic heterocycles. The summed E-state index contributed by atoms with van der Waals surface area (Å²) in [7, 11) is 1.68. The van der Waals surface area contributed by atoms with Crippen molar-refractivity contribution in [3.05, 3.63) is 23.8 Å². The number of hydrogen-bond donors (Lipinski definition) is 1. The molecule has 2 N–H and O–H groups in total. The number of nitrogens with two attached hydrogens (primary N) is 1. The summed E-state index contributed by atoms with van der Waals surface area (Å²) in [5.41, 5.74) is 7.31. The van der Waals surface area contributed by atoms with E-state index >= 15 is 0 Å². The molecule has 19 heavy (non-hydrogen) atoms. The first-order chi connectivity index (χ1) is 9.09. The van der Waals surface area contributed by atoms with Gasteiger partial charge in [0.15, 0.2) is 0 Å². The predicted molar refractivity (Wildman–Crippen MR) is 75.5 cm³/mol. The second-order valence-electron chi connectivity index (χ2n) is 6.27. The molecular formula is C16H23NO2. The third kappa shape index (κ3) is 2.44. The minimum Gasteiger partial charge on any atom is -0.497 e. The molecule has 0 radical (unpaired) electrons. The Morgan fingerprint density at radius 2 is 2.21 bits per heavy atom. The first-order valence-electron chi connectivity index (χ1n) is 7.22. The van der Waals surface area contributed by atoms with E-state index < -0.39 is 0 Å².